The summed E-state index contributed by atoms with van der Waals surface area (Å²) in [6.07, 6.45) is 3.79. The Morgan fingerprint density at radius 1 is 1.21 bits per heavy atom. The summed E-state index contributed by atoms with van der Waals surface area (Å²) >= 11 is 0. The molecular formula is C16H23N3. The molecular weight excluding hydrogens is 234 g/mol. The zero-order valence-corrected chi connectivity index (χ0v) is 12.2. The predicted molar refractivity (Wildman–Crippen MR) is 80.2 cm³/mol. The van der Waals surface area contributed by atoms with Gasteiger partial charge in [0, 0.05) is 18.0 Å². The maximum atomic E-state index is 5.78. The SMILES string of the molecule is Cc1cc(C)c(-c2cnc(CCC(C)N)[nH]2)c(C)c1. The van der Waals surface area contributed by atoms with Crippen molar-refractivity contribution in [3.8, 4) is 11.3 Å². The lowest BCUT2D eigenvalue weighted by Gasteiger charge is -2.09. The van der Waals surface area contributed by atoms with E-state index in [-0.39, 0.29) is 6.04 Å². The molecule has 102 valence electrons. The Morgan fingerprint density at radius 3 is 2.42 bits per heavy atom. The lowest BCUT2D eigenvalue weighted by atomic mass is 9.98. The van der Waals surface area contributed by atoms with E-state index in [0.29, 0.717) is 0 Å². The number of aromatic amines is 1. The molecule has 1 aromatic heterocycles. The Hall–Kier alpha value is -1.61. The average molecular weight is 257 g/mol. The summed E-state index contributed by atoms with van der Waals surface area (Å²) in [7, 11) is 0. The molecule has 2 aromatic rings. The van der Waals surface area contributed by atoms with Crippen LogP contribution in [0.4, 0.5) is 0 Å². The molecule has 0 bridgehead atoms. The summed E-state index contributed by atoms with van der Waals surface area (Å²) in [5, 5.41) is 0. The van der Waals surface area contributed by atoms with Gasteiger partial charge in [0.15, 0.2) is 0 Å². The number of rotatable bonds is 4. The van der Waals surface area contributed by atoms with Crippen LogP contribution >= 0.6 is 0 Å². The van der Waals surface area contributed by atoms with Gasteiger partial charge in [0.1, 0.15) is 5.82 Å². The number of imidazole rings is 1. The van der Waals surface area contributed by atoms with E-state index in [1.54, 1.807) is 0 Å². The van der Waals surface area contributed by atoms with Gasteiger partial charge in [0.05, 0.1) is 11.9 Å². The number of benzene rings is 1. The van der Waals surface area contributed by atoms with Crippen molar-refractivity contribution in [3.63, 3.8) is 0 Å². The van der Waals surface area contributed by atoms with Crippen LogP contribution in [0.3, 0.4) is 0 Å². The fourth-order valence-electron chi connectivity index (χ4n) is 2.59. The summed E-state index contributed by atoms with van der Waals surface area (Å²) in [4.78, 5) is 7.88. The predicted octanol–water partition coefficient (Wildman–Crippen LogP) is 3.28. The third-order valence-corrected chi connectivity index (χ3v) is 3.41. The number of aryl methyl sites for hydroxylation is 4. The highest BCUT2D eigenvalue weighted by molar-refractivity contribution is 5.67. The smallest absolute Gasteiger partial charge is 0.106 e. The van der Waals surface area contributed by atoms with Gasteiger partial charge in [-0.25, -0.2) is 4.98 Å². The maximum absolute atomic E-state index is 5.78. The van der Waals surface area contributed by atoms with Crippen molar-refractivity contribution in [1.29, 1.82) is 0 Å². The number of hydrogen-bond donors (Lipinski definition) is 2. The Bertz CT molecular complexity index is 544. The quantitative estimate of drug-likeness (QED) is 0.883. The van der Waals surface area contributed by atoms with Crippen LogP contribution in [0.25, 0.3) is 11.3 Å². The monoisotopic (exact) mass is 257 g/mol. The first-order valence-corrected chi connectivity index (χ1v) is 6.85. The van der Waals surface area contributed by atoms with Crippen molar-refractivity contribution in [3.05, 3.63) is 40.8 Å². The summed E-state index contributed by atoms with van der Waals surface area (Å²) in [5.41, 5.74) is 12.0. The third kappa shape index (κ3) is 3.24. The van der Waals surface area contributed by atoms with Crippen molar-refractivity contribution in [2.75, 3.05) is 0 Å². The zero-order valence-electron chi connectivity index (χ0n) is 12.2. The van der Waals surface area contributed by atoms with Crippen molar-refractivity contribution in [1.82, 2.24) is 9.97 Å². The molecule has 3 nitrogen and oxygen atoms in total. The highest BCUT2D eigenvalue weighted by Crippen LogP contribution is 2.27. The maximum Gasteiger partial charge on any atom is 0.106 e. The van der Waals surface area contributed by atoms with Crippen LogP contribution in [0.1, 0.15) is 35.9 Å². The first-order chi connectivity index (χ1) is 8.97. The van der Waals surface area contributed by atoms with E-state index in [2.05, 4.69) is 42.9 Å². The first-order valence-electron chi connectivity index (χ1n) is 6.85. The number of aromatic nitrogens is 2. The molecule has 3 heteroatoms. The van der Waals surface area contributed by atoms with Gasteiger partial charge in [-0.3, -0.25) is 0 Å². The fourth-order valence-corrected chi connectivity index (χ4v) is 2.59. The highest BCUT2D eigenvalue weighted by Gasteiger charge is 2.10. The molecule has 0 radical (unpaired) electrons. The van der Waals surface area contributed by atoms with E-state index in [9.17, 15) is 0 Å². The summed E-state index contributed by atoms with van der Waals surface area (Å²) in [6.45, 7) is 8.46. The number of nitrogens with zero attached hydrogens (tertiary/aromatic N) is 1. The second-order valence-electron chi connectivity index (χ2n) is 5.53. The molecule has 1 atom stereocenters. The Morgan fingerprint density at radius 2 is 1.84 bits per heavy atom. The van der Waals surface area contributed by atoms with E-state index in [0.717, 1.165) is 24.4 Å². The normalized spacial score (nSPS) is 12.7. The zero-order chi connectivity index (χ0) is 14.0. The summed E-state index contributed by atoms with van der Waals surface area (Å²) in [6, 6.07) is 4.65. The van der Waals surface area contributed by atoms with Gasteiger partial charge in [0.25, 0.3) is 0 Å². The Kier molecular flexibility index (Phi) is 4.05. The van der Waals surface area contributed by atoms with Crippen LogP contribution in [0, 0.1) is 20.8 Å². The topological polar surface area (TPSA) is 54.7 Å². The van der Waals surface area contributed by atoms with Crippen LogP contribution in [-0.4, -0.2) is 16.0 Å². The molecule has 0 saturated carbocycles. The lowest BCUT2D eigenvalue weighted by molar-refractivity contribution is 0.652. The summed E-state index contributed by atoms with van der Waals surface area (Å²) < 4.78 is 0. The molecule has 0 fully saturated rings. The molecule has 19 heavy (non-hydrogen) atoms. The Labute approximate surface area is 115 Å². The third-order valence-electron chi connectivity index (χ3n) is 3.41. The molecule has 1 aromatic carbocycles. The molecule has 0 spiro atoms. The largest absolute Gasteiger partial charge is 0.342 e. The number of nitrogens with one attached hydrogen (secondary N) is 1. The van der Waals surface area contributed by atoms with Crippen molar-refractivity contribution >= 4 is 0 Å². The van der Waals surface area contributed by atoms with Crippen LogP contribution in [0.5, 0.6) is 0 Å². The molecule has 1 heterocycles. The van der Waals surface area contributed by atoms with Gasteiger partial charge in [0.2, 0.25) is 0 Å². The second-order valence-corrected chi connectivity index (χ2v) is 5.53. The number of H-pyrrole nitrogens is 1. The van der Waals surface area contributed by atoms with E-state index in [1.807, 2.05) is 13.1 Å². The molecule has 0 saturated heterocycles. The first kappa shape index (κ1) is 13.8. The molecule has 0 amide bonds. The van der Waals surface area contributed by atoms with E-state index >= 15 is 0 Å². The minimum Gasteiger partial charge on any atom is -0.342 e. The lowest BCUT2D eigenvalue weighted by Crippen LogP contribution is -2.15. The van der Waals surface area contributed by atoms with E-state index in [1.165, 1.54) is 22.3 Å². The van der Waals surface area contributed by atoms with Gasteiger partial charge in [-0.05, 0) is 45.2 Å². The van der Waals surface area contributed by atoms with Crippen LogP contribution in [0.2, 0.25) is 0 Å². The number of hydrogen-bond acceptors (Lipinski definition) is 2. The van der Waals surface area contributed by atoms with Gasteiger partial charge in [-0.1, -0.05) is 17.7 Å². The van der Waals surface area contributed by atoms with Gasteiger partial charge in [-0.2, -0.15) is 0 Å². The van der Waals surface area contributed by atoms with Crippen molar-refractivity contribution in [2.45, 2.75) is 46.6 Å². The standard InChI is InChI=1S/C16H23N3/c1-10-7-11(2)16(12(3)8-10)14-9-18-15(19-14)6-5-13(4)17/h7-9,13H,5-6,17H2,1-4H3,(H,18,19). The fraction of sp³-hybridized carbons (Fsp3) is 0.438. The van der Waals surface area contributed by atoms with E-state index < -0.39 is 0 Å². The minimum absolute atomic E-state index is 0.219. The van der Waals surface area contributed by atoms with E-state index in [4.69, 9.17) is 5.73 Å². The van der Waals surface area contributed by atoms with Gasteiger partial charge < -0.3 is 10.7 Å². The Balaban J connectivity index is 2.28. The van der Waals surface area contributed by atoms with Crippen LogP contribution in [0.15, 0.2) is 18.3 Å². The van der Waals surface area contributed by atoms with Crippen molar-refractivity contribution < 1.29 is 0 Å². The molecule has 0 aliphatic rings. The van der Waals surface area contributed by atoms with Gasteiger partial charge in [-0.15, -0.1) is 0 Å². The second kappa shape index (κ2) is 5.57. The average Bonchev–Trinajstić information content (AvgIpc) is 2.73. The molecule has 0 aliphatic heterocycles. The van der Waals surface area contributed by atoms with Gasteiger partial charge >= 0.3 is 0 Å². The molecule has 3 N–H and O–H groups in total. The van der Waals surface area contributed by atoms with Crippen LogP contribution in [-0.2, 0) is 6.42 Å². The summed E-state index contributed by atoms with van der Waals surface area (Å²) in [5.74, 6) is 1.02. The number of nitrogens with two attached hydrogens (primary N) is 1. The molecule has 0 aliphatic carbocycles. The minimum atomic E-state index is 0.219. The van der Waals surface area contributed by atoms with Crippen molar-refractivity contribution in [2.24, 2.45) is 5.73 Å². The highest BCUT2D eigenvalue weighted by atomic mass is 14.9. The molecule has 1 unspecified atom stereocenters. The van der Waals surface area contributed by atoms with Crippen LogP contribution < -0.4 is 5.73 Å². The molecule has 2 rings (SSSR count).